The number of rotatable bonds is 6. The van der Waals surface area contributed by atoms with Crippen LogP contribution in [0.5, 0.6) is 0 Å². The SMILES string of the molecule is C=CC(=O)Nc1cccc(-c2cccc3cnc(Nc4cnc(N5CCN(C)CC5)nc4)nc23)c1. The first-order valence-corrected chi connectivity index (χ1v) is 11.4. The third kappa shape index (κ3) is 5.10. The van der Waals surface area contributed by atoms with Gasteiger partial charge >= 0.3 is 0 Å². The highest BCUT2D eigenvalue weighted by molar-refractivity contribution is 6.00. The molecule has 176 valence electrons. The molecule has 3 heterocycles. The van der Waals surface area contributed by atoms with Crippen LogP contribution < -0.4 is 15.5 Å². The van der Waals surface area contributed by atoms with E-state index in [9.17, 15) is 4.79 Å². The third-order valence-electron chi connectivity index (χ3n) is 5.92. The molecule has 2 N–H and O–H groups in total. The molecule has 1 amide bonds. The van der Waals surface area contributed by atoms with Crippen molar-refractivity contribution in [1.29, 1.82) is 0 Å². The summed E-state index contributed by atoms with van der Waals surface area (Å²) in [4.78, 5) is 34.5. The zero-order valence-electron chi connectivity index (χ0n) is 19.5. The van der Waals surface area contributed by atoms with E-state index in [1.54, 1.807) is 18.6 Å². The minimum absolute atomic E-state index is 0.255. The fourth-order valence-corrected chi connectivity index (χ4v) is 3.99. The maximum Gasteiger partial charge on any atom is 0.247 e. The highest BCUT2D eigenvalue weighted by atomic mass is 16.1. The van der Waals surface area contributed by atoms with Crippen molar-refractivity contribution in [3.8, 4) is 11.1 Å². The predicted octanol–water partition coefficient (Wildman–Crippen LogP) is 3.71. The van der Waals surface area contributed by atoms with Crippen molar-refractivity contribution in [3.05, 3.63) is 73.7 Å². The Morgan fingerprint density at radius 2 is 1.74 bits per heavy atom. The van der Waals surface area contributed by atoms with E-state index in [2.05, 4.69) is 49.0 Å². The van der Waals surface area contributed by atoms with Crippen molar-refractivity contribution in [1.82, 2.24) is 24.8 Å². The molecule has 0 bridgehead atoms. The van der Waals surface area contributed by atoms with Gasteiger partial charge in [-0.1, -0.05) is 36.9 Å². The van der Waals surface area contributed by atoms with Gasteiger partial charge in [-0.15, -0.1) is 0 Å². The molecule has 9 heteroatoms. The Morgan fingerprint density at radius 1 is 0.971 bits per heavy atom. The molecule has 1 saturated heterocycles. The first-order valence-electron chi connectivity index (χ1n) is 11.4. The van der Waals surface area contributed by atoms with Crippen molar-refractivity contribution in [2.75, 3.05) is 48.8 Å². The van der Waals surface area contributed by atoms with Gasteiger partial charge in [0.1, 0.15) is 0 Å². The van der Waals surface area contributed by atoms with Crippen molar-refractivity contribution in [3.63, 3.8) is 0 Å². The summed E-state index contributed by atoms with van der Waals surface area (Å²) in [5.74, 6) is 0.931. The summed E-state index contributed by atoms with van der Waals surface area (Å²) >= 11 is 0. The Morgan fingerprint density at radius 3 is 2.51 bits per heavy atom. The van der Waals surface area contributed by atoms with Gasteiger partial charge in [-0.3, -0.25) is 4.79 Å². The number of carbonyl (C=O) groups excluding carboxylic acids is 1. The van der Waals surface area contributed by atoms with Crippen LogP contribution in [0, 0.1) is 0 Å². The molecular weight excluding hydrogens is 440 g/mol. The van der Waals surface area contributed by atoms with Crippen LogP contribution in [0.3, 0.4) is 0 Å². The van der Waals surface area contributed by atoms with E-state index in [-0.39, 0.29) is 5.91 Å². The number of fused-ring (bicyclic) bond motifs is 1. The quantitative estimate of drug-likeness (QED) is 0.415. The van der Waals surface area contributed by atoms with Crippen molar-refractivity contribution < 1.29 is 4.79 Å². The van der Waals surface area contributed by atoms with Gasteiger partial charge < -0.3 is 20.4 Å². The Bertz CT molecular complexity index is 1360. The fraction of sp³-hybridized carbons (Fsp3) is 0.192. The number of benzene rings is 2. The molecule has 2 aromatic carbocycles. The molecule has 0 radical (unpaired) electrons. The normalized spacial score (nSPS) is 14.0. The van der Waals surface area contributed by atoms with Crippen LogP contribution in [0.1, 0.15) is 0 Å². The van der Waals surface area contributed by atoms with Gasteiger partial charge in [0.15, 0.2) is 0 Å². The molecule has 1 aliphatic heterocycles. The van der Waals surface area contributed by atoms with E-state index >= 15 is 0 Å². The minimum atomic E-state index is -0.255. The second-order valence-corrected chi connectivity index (χ2v) is 8.40. The molecule has 4 aromatic rings. The number of likely N-dealkylation sites (N-methyl/N-ethyl adjacent to an activating group) is 1. The molecule has 0 aliphatic carbocycles. The number of amides is 1. The zero-order valence-corrected chi connectivity index (χ0v) is 19.5. The van der Waals surface area contributed by atoms with E-state index < -0.39 is 0 Å². The minimum Gasteiger partial charge on any atom is -0.338 e. The first kappa shape index (κ1) is 22.4. The Labute approximate surface area is 203 Å². The lowest BCUT2D eigenvalue weighted by Gasteiger charge is -2.32. The second kappa shape index (κ2) is 9.86. The number of hydrogen-bond acceptors (Lipinski definition) is 8. The Balaban J connectivity index is 1.39. The number of anilines is 4. The van der Waals surface area contributed by atoms with E-state index in [1.807, 2.05) is 42.5 Å². The maximum absolute atomic E-state index is 11.7. The first-order chi connectivity index (χ1) is 17.1. The molecule has 5 rings (SSSR count). The lowest BCUT2D eigenvalue weighted by molar-refractivity contribution is -0.111. The highest BCUT2D eigenvalue weighted by Gasteiger charge is 2.16. The van der Waals surface area contributed by atoms with Gasteiger partial charge in [0.25, 0.3) is 0 Å². The summed E-state index contributed by atoms with van der Waals surface area (Å²) in [5.41, 5.74) is 4.07. The topological polar surface area (TPSA) is 99.2 Å². The van der Waals surface area contributed by atoms with Crippen LogP contribution in [0.4, 0.5) is 23.3 Å². The van der Waals surface area contributed by atoms with E-state index in [0.717, 1.165) is 54.2 Å². The second-order valence-electron chi connectivity index (χ2n) is 8.40. The van der Waals surface area contributed by atoms with Gasteiger partial charge in [0, 0.05) is 49.0 Å². The lowest BCUT2D eigenvalue weighted by atomic mass is 10.0. The van der Waals surface area contributed by atoms with E-state index in [4.69, 9.17) is 4.98 Å². The molecule has 0 unspecified atom stereocenters. The smallest absolute Gasteiger partial charge is 0.247 e. The van der Waals surface area contributed by atoms with Gasteiger partial charge in [0.2, 0.25) is 17.8 Å². The monoisotopic (exact) mass is 466 g/mol. The summed E-state index contributed by atoms with van der Waals surface area (Å²) in [6.07, 6.45) is 6.55. The highest BCUT2D eigenvalue weighted by Crippen LogP contribution is 2.30. The number of piperazine rings is 1. The van der Waals surface area contributed by atoms with Crippen molar-refractivity contribution in [2.45, 2.75) is 0 Å². The number of nitrogens with one attached hydrogen (secondary N) is 2. The predicted molar refractivity (Wildman–Crippen MR) is 139 cm³/mol. The van der Waals surface area contributed by atoms with Gasteiger partial charge in [0.05, 0.1) is 23.6 Å². The van der Waals surface area contributed by atoms with Gasteiger partial charge in [-0.05, 0) is 30.8 Å². The Hall–Kier alpha value is -4.37. The molecule has 0 saturated carbocycles. The maximum atomic E-state index is 11.7. The average Bonchev–Trinajstić information content (AvgIpc) is 2.89. The van der Waals surface area contributed by atoms with Crippen molar-refractivity contribution >= 4 is 40.1 Å². The van der Waals surface area contributed by atoms with Gasteiger partial charge in [-0.2, -0.15) is 0 Å². The van der Waals surface area contributed by atoms with Crippen LogP contribution in [0.2, 0.25) is 0 Å². The molecule has 1 fully saturated rings. The van der Waals surface area contributed by atoms with E-state index in [0.29, 0.717) is 17.3 Å². The summed E-state index contributed by atoms with van der Waals surface area (Å²) in [7, 11) is 2.12. The standard InChI is InChI=1S/C26H26N8O/c1-3-23(35)30-20-8-4-6-18(14-20)22-9-5-7-19-15-27-25(32-24(19)22)31-21-16-28-26(29-17-21)34-12-10-33(2)11-13-34/h3-9,14-17H,1,10-13H2,2H3,(H,30,35)(H,27,31,32). The molecule has 1 aliphatic rings. The average molecular weight is 467 g/mol. The van der Waals surface area contributed by atoms with Crippen LogP contribution in [-0.4, -0.2) is 64.0 Å². The number of carbonyl (C=O) groups is 1. The number of nitrogens with zero attached hydrogens (tertiary/aromatic N) is 6. The zero-order chi connectivity index (χ0) is 24.2. The summed E-state index contributed by atoms with van der Waals surface area (Å²) in [6.45, 7) is 7.33. The third-order valence-corrected chi connectivity index (χ3v) is 5.92. The molecule has 0 spiro atoms. The summed E-state index contributed by atoms with van der Waals surface area (Å²) in [6, 6.07) is 13.6. The van der Waals surface area contributed by atoms with E-state index in [1.165, 1.54) is 6.08 Å². The van der Waals surface area contributed by atoms with Crippen LogP contribution in [0.15, 0.2) is 73.7 Å². The molecule has 9 nitrogen and oxygen atoms in total. The molecule has 2 aromatic heterocycles. The summed E-state index contributed by atoms with van der Waals surface area (Å²) in [5, 5.41) is 6.93. The van der Waals surface area contributed by atoms with Crippen LogP contribution >= 0.6 is 0 Å². The Kier molecular flexibility index (Phi) is 6.32. The van der Waals surface area contributed by atoms with Crippen LogP contribution in [0.25, 0.3) is 22.0 Å². The number of para-hydroxylation sites is 1. The molecule has 35 heavy (non-hydrogen) atoms. The lowest BCUT2D eigenvalue weighted by Crippen LogP contribution is -2.45. The number of aromatic nitrogens is 4. The van der Waals surface area contributed by atoms with Gasteiger partial charge in [-0.25, -0.2) is 19.9 Å². The fourth-order valence-electron chi connectivity index (χ4n) is 3.99. The largest absolute Gasteiger partial charge is 0.338 e. The molecule has 0 atom stereocenters. The summed E-state index contributed by atoms with van der Waals surface area (Å²) < 4.78 is 0. The van der Waals surface area contributed by atoms with Crippen LogP contribution in [-0.2, 0) is 4.79 Å². The van der Waals surface area contributed by atoms with Crippen molar-refractivity contribution in [2.24, 2.45) is 0 Å². The molecular formula is C26H26N8O. The number of hydrogen-bond donors (Lipinski definition) is 2.